The molecular formula is C10H14N8O2. The fraction of sp³-hybridized carbons (Fsp3) is 0.500. The topological polar surface area (TPSA) is 128 Å². The molecule has 0 aromatic carbocycles. The van der Waals surface area contributed by atoms with Gasteiger partial charge in [0, 0.05) is 13.1 Å². The molecule has 2 aromatic rings. The number of hydrogen-bond donors (Lipinski definition) is 2. The number of ether oxygens (including phenoxy) is 1. The van der Waals surface area contributed by atoms with Crippen molar-refractivity contribution in [3.05, 3.63) is 12.7 Å². The van der Waals surface area contributed by atoms with Gasteiger partial charge >= 0.3 is 0 Å². The lowest BCUT2D eigenvalue weighted by Gasteiger charge is -2.31. The Bertz CT molecular complexity index is 575. The smallest absolute Gasteiger partial charge is 0.258 e. The number of rotatable bonds is 3. The number of aliphatic hydroxyl groups excluding tert-OH is 1. The Hall–Kier alpha value is -2.33. The van der Waals surface area contributed by atoms with Gasteiger partial charge in [0.1, 0.15) is 12.7 Å². The van der Waals surface area contributed by atoms with Crippen molar-refractivity contribution in [2.24, 2.45) is 0 Å². The number of nitrogens with two attached hydrogens (primary N) is 1. The monoisotopic (exact) mass is 278 g/mol. The van der Waals surface area contributed by atoms with Crippen molar-refractivity contribution in [3.8, 4) is 5.95 Å². The molecule has 10 heteroatoms. The van der Waals surface area contributed by atoms with Gasteiger partial charge in [0.15, 0.2) is 0 Å². The summed E-state index contributed by atoms with van der Waals surface area (Å²) in [6, 6.07) is 0. The van der Waals surface area contributed by atoms with Gasteiger partial charge in [-0.25, -0.2) is 4.98 Å². The van der Waals surface area contributed by atoms with Crippen molar-refractivity contribution in [3.63, 3.8) is 0 Å². The van der Waals surface area contributed by atoms with Crippen molar-refractivity contribution in [1.29, 1.82) is 0 Å². The maximum Gasteiger partial charge on any atom is 0.258 e. The fourth-order valence-electron chi connectivity index (χ4n) is 1.94. The van der Waals surface area contributed by atoms with E-state index in [1.54, 1.807) is 0 Å². The van der Waals surface area contributed by atoms with Gasteiger partial charge in [0.05, 0.1) is 19.3 Å². The van der Waals surface area contributed by atoms with Gasteiger partial charge < -0.3 is 20.5 Å². The molecule has 10 nitrogen and oxygen atoms in total. The number of aromatic nitrogens is 6. The van der Waals surface area contributed by atoms with Crippen molar-refractivity contribution in [1.82, 2.24) is 29.7 Å². The molecule has 1 unspecified atom stereocenters. The second kappa shape index (κ2) is 5.35. The summed E-state index contributed by atoms with van der Waals surface area (Å²) in [5.74, 6) is 0.842. The lowest BCUT2D eigenvalue weighted by molar-refractivity contribution is 0.00313. The minimum absolute atomic E-state index is 0.0486. The molecule has 3 N–H and O–H groups in total. The van der Waals surface area contributed by atoms with E-state index in [-0.39, 0.29) is 18.7 Å². The Morgan fingerprint density at radius 1 is 1.35 bits per heavy atom. The molecule has 3 rings (SSSR count). The lowest BCUT2D eigenvalue weighted by Crippen LogP contribution is -2.45. The molecule has 3 heterocycles. The predicted molar refractivity (Wildman–Crippen MR) is 68.2 cm³/mol. The van der Waals surface area contributed by atoms with Gasteiger partial charge in [-0.05, 0) is 0 Å². The van der Waals surface area contributed by atoms with Gasteiger partial charge in [-0.15, -0.1) is 0 Å². The first-order valence-corrected chi connectivity index (χ1v) is 6.10. The van der Waals surface area contributed by atoms with Crippen molar-refractivity contribution < 1.29 is 9.84 Å². The third-order valence-electron chi connectivity index (χ3n) is 2.88. The Kier molecular flexibility index (Phi) is 3.39. The van der Waals surface area contributed by atoms with Crippen molar-refractivity contribution in [2.45, 2.75) is 6.10 Å². The van der Waals surface area contributed by atoms with Crippen LogP contribution in [0, 0.1) is 0 Å². The molecule has 1 atom stereocenters. The molecule has 0 radical (unpaired) electrons. The summed E-state index contributed by atoms with van der Waals surface area (Å²) in [7, 11) is 0. The van der Waals surface area contributed by atoms with Gasteiger partial charge in [-0.1, -0.05) is 0 Å². The molecule has 1 saturated heterocycles. The maximum absolute atomic E-state index is 9.16. The van der Waals surface area contributed by atoms with Crippen molar-refractivity contribution >= 4 is 11.9 Å². The van der Waals surface area contributed by atoms with E-state index in [1.165, 1.54) is 17.3 Å². The SMILES string of the molecule is Nc1nc(N2CCOC(CO)C2)nc(-n2cncn2)n1. The minimum Gasteiger partial charge on any atom is -0.394 e. The summed E-state index contributed by atoms with van der Waals surface area (Å²) in [4.78, 5) is 18.2. The van der Waals surface area contributed by atoms with Crippen LogP contribution in [0.3, 0.4) is 0 Å². The van der Waals surface area contributed by atoms with Gasteiger partial charge in [-0.2, -0.15) is 24.7 Å². The van der Waals surface area contributed by atoms with E-state index in [1.807, 2.05) is 4.90 Å². The van der Waals surface area contributed by atoms with Crippen LogP contribution in [0.4, 0.5) is 11.9 Å². The highest BCUT2D eigenvalue weighted by Gasteiger charge is 2.22. The van der Waals surface area contributed by atoms with Crippen LogP contribution in [0.1, 0.15) is 0 Å². The molecule has 0 bridgehead atoms. The van der Waals surface area contributed by atoms with E-state index in [0.717, 1.165) is 0 Å². The largest absolute Gasteiger partial charge is 0.394 e. The van der Waals surface area contributed by atoms with Crippen molar-refractivity contribution in [2.75, 3.05) is 36.9 Å². The molecular weight excluding hydrogens is 264 g/mol. The minimum atomic E-state index is -0.253. The van der Waals surface area contributed by atoms with Crippen LogP contribution < -0.4 is 10.6 Å². The predicted octanol–water partition coefficient (Wildman–Crippen LogP) is -1.77. The summed E-state index contributed by atoms with van der Waals surface area (Å²) in [5.41, 5.74) is 5.71. The highest BCUT2D eigenvalue weighted by molar-refractivity contribution is 5.38. The number of morpholine rings is 1. The summed E-state index contributed by atoms with van der Waals surface area (Å²) in [6.07, 6.45) is 2.61. The normalized spacial score (nSPS) is 19.2. The van der Waals surface area contributed by atoms with E-state index >= 15 is 0 Å². The van der Waals surface area contributed by atoms with Crippen LogP contribution >= 0.6 is 0 Å². The standard InChI is InChI=1S/C10H14N8O2/c11-8-14-9(17-1-2-20-7(3-17)4-19)16-10(15-8)18-6-12-5-13-18/h5-7,19H,1-4H2,(H2,11,14,15,16). The van der Waals surface area contributed by atoms with E-state index < -0.39 is 0 Å². The highest BCUT2D eigenvalue weighted by atomic mass is 16.5. The Morgan fingerprint density at radius 2 is 2.20 bits per heavy atom. The van der Waals surface area contributed by atoms with Crippen LogP contribution in [0.25, 0.3) is 5.95 Å². The zero-order valence-electron chi connectivity index (χ0n) is 10.6. The molecule has 0 aliphatic carbocycles. The molecule has 1 aliphatic rings. The quantitative estimate of drug-likeness (QED) is 0.670. The fourth-order valence-corrected chi connectivity index (χ4v) is 1.94. The van der Waals surface area contributed by atoms with Gasteiger partial charge in [-0.3, -0.25) is 0 Å². The zero-order valence-corrected chi connectivity index (χ0v) is 10.6. The third kappa shape index (κ3) is 2.51. The highest BCUT2D eigenvalue weighted by Crippen LogP contribution is 2.15. The number of nitrogen functional groups attached to an aromatic ring is 1. The summed E-state index contributed by atoms with van der Waals surface area (Å²) in [6.45, 7) is 1.57. The summed E-state index contributed by atoms with van der Waals surface area (Å²) in [5, 5.41) is 13.1. The summed E-state index contributed by atoms with van der Waals surface area (Å²) >= 11 is 0. The molecule has 2 aromatic heterocycles. The molecule has 1 fully saturated rings. The number of nitrogens with zero attached hydrogens (tertiary/aromatic N) is 7. The van der Waals surface area contributed by atoms with E-state index in [4.69, 9.17) is 15.6 Å². The van der Waals surface area contributed by atoms with E-state index in [9.17, 15) is 0 Å². The first-order chi connectivity index (χ1) is 9.76. The molecule has 0 spiro atoms. The van der Waals surface area contributed by atoms with E-state index in [0.29, 0.717) is 31.6 Å². The molecule has 106 valence electrons. The Morgan fingerprint density at radius 3 is 2.95 bits per heavy atom. The number of hydrogen-bond acceptors (Lipinski definition) is 9. The van der Waals surface area contributed by atoms with Crippen LogP contribution in [0.2, 0.25) is 0 Å². The van der Waals surface area contributed by atoms with Crippen LogP contribution in [0.5, 0.6) is 0 Å². The molecule has 1 aliphatic heterocycles. The Labute approximate surface area is 114 Å². The van der Waals surface area contributed by atoms with E-state index in [2.05, 4.69) is 25.0 Å². The molecule has 0 saturated carbocycles. The number of aliphatic hydroxyl groups is 1. The maximum atomic E-state index is 9.16. The average molecular weight is 278 g/mol. The second-order valence-corrected chi connectivity index (χ2v) is 4.26. The third-order valence-corrected chi connectivity index (χ3v) is 2.88. The van der Waals surface area contributed by atoms with Crippen LogP contribution in [-0.2, 0) is 4.74 Å². The van der Waals surface area contributed by atoms with Gasteiger partial charge in [0.2, 0.25) is 11.9 Å². The van der Waals surface area contributed by atoms with Gasteiger partial charge in [0.25, 0.3) is 5.95 Å². The first kappa shape index (κ1) is 12.7. The number of anilines is 2. The zero-order chi connectivity index (χ0) is 13.9. The molecule has 0 amide bonds. The summed E-state index contributed by atoms with van der Waals surface area (Å²) < 4.78 is 6.80. The second-order valence-electron chi connectivity index (χ2n) is 4.26. The molecule has 20 heavy (non-hydrogen) atoms. The lowest BCUT2D eigenvalue weighted by atomic mass is 10.3. The average Bonchev–Trinajstić information content (AvgIpc) is 3.01. The first-order valence-electron chi connectivity index (χ1n) is 6.10. The van der Waals surface area contributed by atoms with Crippen LogP contribution in [-0.4, -0.2) is 67.2 Å². The van der Waals surface area contributed by atoms with Crippen LogP contribution in [0.15, 0.2) is 12.7 Å². The Balaban J connectivity index is 1.89.